The second-order valence-electron chi connectivity index (χ2n) is 7.59. The van der Waals surface area contributed by atoms with E-state index in [0.717, 1.165) is 16.4 Å². The Kier molecular flexibility index (Phi) is 5.78. The molecule has 0 atom stereocenters. The molecule has 1 aromatic carbocycles. The number of rotatable bonds is 3. The Bertz CT molecular complexity index is 1100. The second-order valence-corrected chi connectivity index (χ2v) is 9.40. The molecule has 0 bridgehead atoms. The van der Waals surface area contributed by atoms with Gasteiger partial charge in [0.2, 0.25) is 0 Å². The monoisotopic (exact) mass is 459 g/mol. The molecule has 2 heterocycles. The molecule has 1 N–H and O–H groups in total. The van der Waals surface area contributed by atoms with Crippen LogP contribution in [0.3, 0.4) is 0 Å². The maximum atomic E-state index is 13.1. The highest BCUT2D eigenvalue weighted by molar-refractivity contribution is 7.92. The van der Waals surface area contributed by atoms with Gasteiger partial charge in [0, 0.05) is 5.69 Å². The minimum Gasteiger partial charge on any atom is -0.489 e. The molecule has 12 heteroatoms. The topological polar surface area (TPSA) is 97.8 Å². The fraction of sp³-hybridized carbons (Fsp3) is 0.368. The third-order valence-corrected chi connectivity index (χ3v) is 5.71. The van der Waals surface area contributed by atoms with E-state index in [2.05, 4.69) is 10.3 Å². The molecule has 2 aromatic rings. The number of anilines is 2. The van der Waals surface area contributed by atoms with E-state index in [9.17, 15) is 26.4 Å². The number of amides is 1. The number of fused-ring (bicyclic) bond motifs is 1. The molecular weight excluding hydrogens is 439 g/mol. The summed E-state index contributed by atoms with van der Waals surface area (Å²) < 4.78 is 76.6. The number of nitrogens with one attached hydrogen (secondary N) is 1. The molecule has 3 rings (SSSR count). The van der Waals surface area contributed by atoms with E-state index in [1.54, 1.807) is 20.8 Å². The number of sulfonamides is 1. The van der Waals surface area contributed by atoms with Gasteiger partial charge in [0.25, 0.3) is 10.0 Å². The highest BCUT2D eigenvalue weighted by Crippen LogP contribution is 2.37. The maximum Gasteiger partial charge on any atom is 0.433 e. The van der Waals surface area contributed by atoms with Gasteiger partial charge in [-0.1, -0.05) is 6.07 Å². The lowest BCUT2D eigenvalue weighted by Crippen LogP contribution is -2.38. The molecule has 8 nitrogen and oxygen atoms in total. The minimum atomic E-state index is -4.79. The second kappa shape index (κ2) is 7.91. The van der Waals surface area contributed by atoms with Gasteiger partial charge < -0.3 is 9.47 Å². The predicted octanol–water partition coefficient (Wildman–Crippen LogP) is 4.04. The molecule has 0 spiro atoms. The number of halogens is 3. The summed E-state index contributed by atoms with van der Waals surface area (Å²) in [4.78, 5) is 15.3. The summed E-state index contributed by atoms with van der Waals surface area (Å²) >= 11 is 0. The average molecular weight is 459 g/mol. The first-order valence-corrected chi connectivity index (χ1v) is 10.6. The Morgan fingerprint density at radius 2 is 1.90 bits per heavy atom. The number of aromatic nitrogens is 1. The highest BCUT2D eigenvalue weighted by Gasteiger charge is 2.36. The lowest BCUT2D eigenvalue weighted by atomic mass is 10.2. The molecule has 0 aliphatic carbocycles. The van der Waals surface area contributed by atoms with Gasteiger partial charge in [-0.15, -0.1) is 0 Å². The van der Waals surface area contributed by atoms with Crippen LogP contribution in [0.25, 0.3) is 0 Å². The number of carbonyl (C=O) groups excluding carboxylic acids is 1. The number of pyridine rings is 1. The van der Waals surface area contributed by atoms with E-state index in [1.807, 2.05) is 0 Å². The van der Waals surface area contributed by atoms with Gasteiger partial charge in [-0.3, -0.25) is 9.62 Å². The van der Waals surface area contributed by atoms with Crippen molar-refractivity contribution >= 4 is 27.5 Å². The summed E-state index contributed by atoms with van der Waals surface area (Å²) in [5, 5.41) is 1.74. The number of alkyl halides is 3. The number of ether oxygens (including phenoxy) is 2. The molecular formula is C19H20F3N3O5S. The Labute approximate surface area is 177 Å². The Hall–Kier alpha value is -3.02. The molecule has 0 fully saturated rings. The number of hydrogen-bond acceptors (Lipinski definition) is 6. The first-order chi connectivity index (χ1) is 14.3. The zero-order chi connectivity index (χ0) is 23.0. The van der Waals surface area contributed by atoms with Crippen LogP contribution in [0.1, 0.15) is 26.5 Å². The molecule has 168 valence electrons. The van der Waals surface area contributed by atoms with Crippen LogP contribution in [0, 0.1) is 0 Å². The van der Waals surface area contributed by atoms with E-state index < -0.39 is 38.6 Å². The molecule has 1 aliphatic rings. The summed E-state index contributed by atoms with van der Waals surface area (Å²) in [6.07, 6.45) is -5.54. The van der Waals surface area contributed by atoms with E-state index >= 15 is 0 Å². The van der Waals surface area contributed by atoms with Crippen LogP contribution in [0.2, 0.25) is 0 Å². The van der Waals surface area contributed by atoms with Gasteiger partial charge in [-0.05, 0) is 51.1 Å². The molecule has 0 saturated heterocycles. The minimum absolute atomic E-state index is 0.00989. The molecule has 0 saturated carbocycles. The first-order valence-electron chi connectivity index (χ1n) is 9.11. The molecule has 0 unspecified atom stereocenters. The van der Waals surface area contributed by atoms with E-state index in [4.69, 9.17) is 9.47 Å². The van der Waals surface area contributed by atoms with Gasteiger partial charge in [0.1, 0.15) is 23.7 Å². The van der Waals surface area contributed by atoms with Crippen LogP contribution in [-0.2, 0) is 20.9 Å². The Morgan fingerprint density at radius 1 is 1.19 bits per heavy atom. The average Bonchev–Trinajstić information content (AvgIpc) is 2.65. The fourth-order valence-corrected chi connectivity index (χ4v) is 4.18. The third kappa shape index (κ3) is 5.19. The zero-order valence-electron chi connectivity index (χ0n) is 16.9. The van der Waals surface area contributed by atoms with Crippen LogP contribution in [0.4, 0.5) is 29.3 Å². The Balaban J connectivity index is 1.96. The summed E-state index contributed by atoms with van der Waals surface area (Å²) in [6.45, 7) is 4.89. The van der Waals surface area contributed by atoms with Crippen LogP contribution < -0.4 is 14.4 Å². The third-order valence-electron chi connectivity index (χ3n) is 3.99. The molecule has 1 aromatic heterocycles. The van der Waals surface area contributed by atoms with Crippen LogP contribution in [0.15, 0.2) is 41.4 Å². The van der Waals surface area contributed by atoms with Crippen molar-refractivity contribution in [3.05, 3.63) is 42.1 Å². The summed E-state index contributed by atoms with van der Waals surface area (Å²) in [6, 6.07) is 6.93. The van der Waals surface area contributed by atoms with Crippen molar-refractivity contribution in [1.29, 1.82) is 0 Å². The van der Waals surface area contributed by atoms with Crippen molar-refractivity contribution in [3.63, 3.8) is 0 Å². The van der Waals surface area contributed by atoms with Crippen LogP contribution >= 0.6 is 0 Å². The van der Waals surface area contributed by atoms with Crippen molar-refractivity contribution in [2.45, 2.75) is 37.6 Å². The maximum absolute atomic E-state index is 13.1. The van der Waals surface area contributed by atoms with E-state index in [1.165, 1.54) is 18.2 Å². The standard InChI is InChI=1S/C19H20F3N3O5S/c1-18(2,3)30-17(26)23-12-7-8-14-13(11-12)25(9-10-29-14)31(27,28)16-6-4-5-15(24-16)19(20,21)22/h4-8,11H,9-10H2,1-3H3,(H,23,26). The van der Waals surface area contributed by atoms with Crippen molar-refractivity contribution in [1.82, 2.24) is 4.98 Å². The lowest BCUT2D eigenvalue weighted by Gasteiger charge is -2.30. The van der Waals surface area contributed by atoms with Gasteiger partial charge in [-0.2, -0.15) is 21.6 Å². The van der Waals surface area contributed by atoms with Gasteiger partial charge in [0.05, 0.1) is 12.2 Å². The number of hydrogen-bond donors (Lipinski definition) is 1. The lowest BCUT2D eigenvalue weighted by molar-refractivity contribution is -0.141. The molecule has 1 aliphatic heterocycles. The number of benzene rings is 1. The van der Waals surface area contributed by atoms with E-state index in [0.29, 0.717) is 6.07 Å². The largest absolute Gasteiger partial charge is 0.489 e. The molecule has 1 amide bonds. The van der Waals surface area contributed by atoms with Crippen molar-refractivity contribution in [2.75, 3.05) is 22.8 Å². The zero-order valence-corrected chi connectivity index (χ0v) is 17.7. The van der Waals surface area contributed by atoms with Crippen LogP contribution in [-0.4, -0.2) is 38.2 Å². The van der Waals surface area contributed by atoms with Gasteiger partial charge in [0.15, 0.2) is 5.03 Å². The van der Waals surface area contributed by atoms with Crippen LogP contribution in [0.5, 0.6) is 5.75 Å². The number of carbonyl (C=O) groups is 1. The summed E-state index contributed by atoms with van der Waals surface area (Å²) in [7, 11) is -4.43. The van der Waals surface area contributed by atoms with Gasteiger partial charge in [-0.25, -0.2) is 9.78 Å². The van der Waals surface area contributed by atoms with Gasteiger partial charge >= 0.3 is 12.3 Å². The summed E-state index contributed by atoms with van der Waals surface area (Å²) in [5.74, 6) is 0.191. The van der Waals surface area contributed by atoms with Crippen molar-refractivity contribution < 1.29 is 35.9 Å². The molecule has 31 heavy (non-hydrogen) atoms. The van der Waals surface area contributed by atoms with E-state index in [-0.39, 0.29) is 30.3 Å². The van der Waals surface area contributed by atoms with Crippen molar-refractivity contribution in [2.24, 2.45) is 0 Å². The highest BCUT2D eigenvalue weighted by atomic mass is 32.2. The predicted molar refractivity (Wildman–Crippen MR) is 106 cm³/mol. The number of nitrogens with zero attached hydrogens (tertiary/aromatic N) is 2. The first kappa shape index (κ1) is 22.7. The Morgan fingerprint density at radius 3 is 2.55 bits per heavy atom. The quantitative estimate of drug-likeness (QED) is 0.744. The summed E-state index contributed by atoms with van der Waals surface area (Å²) in [5.41, 5.74) is -1.79. The molecule has 0 radical (unpaired) electrons. The van der Waals surface area contributed by atoms with Crippen molar-refractivity contribution in [3.8, 4) is 5.75 Å². The fourth-order valence-electron chi connectivity index (χ4n) is 2.77. The normalized spacial score (nSPS) is 14.5. The SMILES string of the molecule is CC(C)(C)OC(=O)Nc1ccc2c(c1)N(S(=O)(=O)c1cccc(C(F)(F)F)n1)CCO2. The smallest absolute Gasteiger partial charge is 0.433 e.